The number of nitriles is 1. The van der Waals surface area contributed by atoms with Crippen molar-refractivity contribution in [2.45, 2.75) is 69.9 Å². The molecule has 2 heterocycles. The average molecular weight is 417 g/mol. The molecule has 0 bridgehead atoms. The molecular formula is C22H32N4O2S. The molecule has 1 aromatic rings. The van der Waals surface area contributed by atoms with E-state index in [2.05, 4.69) is 16.3 Å². The number of nitrogens with one attached hydrogen (secondary N) is 1. The number of nitrogens with zero attached hydrogens (tertiary/aromatic N) is 3. The molecule has 7 heteroatoms. The van der Waals surface area contributed by atoms with Crippen molar-refractivity contribution in [3.8, 4) is 6.07 Å². The number of thiophene rings is 1. The zero-order chi connectivity index (χ0) is 20.9. The second-order valence-corrected chi connectivity index (χ2v) is 9.51. The minimum atomic E-state index is -0.841. The Balaban J connectivity index is 1.84. The van der Waals surface area contributed by atoms with Gasteiger partial charge in [0.1, 0.15) is 11.6 Å². The minimum absolute atomic E-state index is 0.127. The first-order valence-corrected chi connectivity index (χ1v) is 11.6. The summed E-state index contributed by atoms with van der Waals surface area (Å²) in [5.41, 5.74) is -0.841. The zero-order valence-corrected chi connectivity index (χ0v) is 18.3. The molecule has 1 aromatic heterocycles. The minimum Gasteiger partial charge on any atom is -0.336 e. The van der Waals surface area contributed by atoms with E-state index in [4.69, 9.17) is 0 Å². The van der Waals surface area contributed by atoms with Gasteiger partial charge in [0, 0.05) is 20.0 Å². The van der Waals surface area contributed by atoms with Crippen LogP contribution >= 0.6 is 11.3 Å². The molecule has 158 valence electrons. The first kappa shape index (κ1) is 21.8. The number of anilines is 1. The van der Waals surface area contributed by atoms with Gasteiger partial charge in [-0.1, -0.05) is 32.1 Å². The van der Waals surface area contributed by atoms with Crippen LogP contribution in [0.4, 0.5) is 5.00 Å². The number of amides is 2. The van der Waals surface area contributed by atoms with Crippen LogP contribution in [0.5, 0.6) is 0 Å². The van der Waals surface area contributed by atoms with Crippen molar-refractivity contribution in [1.29, 1.82) is 5.26 Å². The molecule has 1 saturated carbocycles. The van der Waals surface area contributed by atoms with Gasteiger partial charge in [-0.15, -0.1) is 11.3 Å². The molecule has 1 N–H and O–H groups in total. The van der Waals surface area contributed by atoms with E-state index >= 15 is 0 Å². The van der Waals surface area contributed by atoms with E-state index in [-0.39, 0.29) is 11.8 Å². The highest BCUT2D eigenvalue weighted by Gasteiger charge is 2.40. The summed E-state index contributed by atoms with van der Waals surface area (Å²) in [6.45, 7) is 3.08. The molecule has 0 aromatic carbocycles. The summed E-state index contributed by atoms with van der Waals surface area (Å²) < 4.78 is 0. The van der Waals surface area contributed by atoms with Gasteiger partial charge in [-0.05, 0) is 49.7 Å². The molecule has 6 nitrogen and oxygen atoms in total. The summed E-state index contributed by atoms with van der Waals surface area (Å²) in [6, 6.07) is 5.59. The van der Waals surface area contributed by atoms with Crippen LogP contribution in [-0.2, 0) is 9.59 Å². The topological polar surface area (TPSA) is 76.4 Å². The lowest BCUT2D eigenvalue weighted by Gasteiger charge is -2.39. The Labute approximate surface area is 177 Å². The fourth-order valence-electron chi connectivity index (χ4n) is 4.59. The molecule has 1 atom stereocenters. The predicted octanol–water partition coefficient (Wildman–Crippen LogP) is 3.54. The zero-order valence-electron chi connectivity index (χ0n) is 17.5. The van der Waals surface area contributed by atoms with E-state index in [1.165, 1.54) is 37.5 Å². The number of carbonyl (C=O) groups excluding carboxylic acids is 2. The molecule has 1 aliphatic heterocycles. The third kappa shape index (κ3) is 5.37. The molecule has 2 amide bonds. The van der Waals surface area contributed by atoms with Gasteiger partial charge in [-0.25, -0.2) is 0 Å². The van der Waals surface area contributed by atoms with Crippen molar-refractivity contribution in [3.63, 3.8) is 0 Å². The van der Waals surface area contributed by atoms with Crippen molar-refractivity contribution in [3.05, 3.63) is 17.5 Å². The smallest absolute Gasteiger partial charge is 0.244 e. The molecule has 3 rings (SSSR count). The Morgan fingerprint density at radius 3 is 2.59 bits per heavy atom. The van der Waals surface area contributed by atoms with Gasteiger partial charge >= 0.3 is 0 Å². The summed E-state index contributed by atoms with van der Waals surface area (Å²) in [4.78, 5) is 29.9. The molecule has 1 unspecified atom stereocenters. The van der Waals surface area contributed by atoms with Crippen LogP contribution < -0.4 is 10.2 Å². The summed E-state index contributed by atoms with van der Waals surface area (Å²) in [6.07, 6.45) is 7.72. The van der Waals surface area contributed by atoms with Gasteiger partial charge in [0.2, 0.25) is 11.8 Å². The molecular weight excluding hydrogens is 384 g/mol. The maximum absolute atomic E-state index is 13.5. The van der Waals surface area contributed by atoms with Crippen LogP contribution in [0, 0.1) is 17.2 Å². The van der Waals surface area contributed by atoms with Crippen molar-refractivity contribution in [2.75, 3.05) is 25.0 Å². The lowest BCUT2D eigenvalue weighted by molar-refractivity contribution is -0.127. The first-order chi connectivity index (χ1) is 13.9. The fourth-order valence-corrected chi connectivity index (χ4v) is 5.41. The number of hydrogen-bond acceptors (Lipinski definition) is 5. The number of hydrogen-bond donors (Lipinski definition) is 1. The maximum Gasteiger partial charge on any atom is 0.244 e. The monoisotopic (exact) mass is 416 g/mol. The highest BCUT2D eigenvalue weighted by molar-refractivity contribution is 7.14. The Morgan fingerprint density at radius 2 is 2.03 bits per heavy atom. The lowest BCUT2D eigenvalue weighted by atomic mass is 9.83. The molecule has 1 aliphatic carbocycles. The Hall–Kier alpha value is -1.91. The third-order valence-corrected chi connectivity index (χ3v) is 7.26. The van der Waals surface area contributed by atoms with Crippen molar-refractivity contribution in [1.82, 2.24) is 10.2 Å². The van der Waals surface area contributed by atoms with Crippen LogP contribution in [0.3, 0.4) is 0 Å². The van der Waals surface area contributed by atoms with Gasteiger partial charge < -0.3 is 10.2 Å². The van der Waals surface area contributed by atoms with E-state index in [0.717, 1.165) is 30.9 Å². The van der Waals surface area contributed by atoms with Crippen molar-refractivity contribution < 1.29 is 9.59 Å². The first-order valence-electron chi connectivity index (χ1n) is 10.7. The molecule has 0 radical (unpaired) electrons. The second kappa shape index (κ2) is 9.73. The molecule has 29 heavy (non-hydrogen) atoms. The highest BCUT2D eigenvalue weighted by Crippen LogP contribution is 2.32. The summed E-state index contributed by atoms with van der Waals surface area (Å²) in [5.74, 6) is 0.125. The third-order valence-electron chi connectivity index (χ3n) is 6.40. The standard InChI is InChI=1S/C22H32N4O2S/c1-17(27)26(20-9-6-14-29-20)19(15-18-7-4-3-5-8-18)21(28)24-22(16-23)10-12-25(2)13-11-22/h6,9,14,18-19H,3-5,7-8,10-13,15H2,1-2H3,(H,24,28). The molecule has 2 fully saturated rings. The molecule has 1 saturated heterocycles. The van der Waals surface area contributed by atoms with Crippen LogP contribution in [0.15, 0.2) is 17.5 Å². The Bertz CT molecular complexity index is 728. The van der Waals surface area contributed by atoms with Gasteiger partial charge in [-0.2, -0.15) is 5.26 Å². The van der Waals surface area contributed by atoms with Gasteiger partial charge in [0.05, 0.1) is 11.1 Å². The van der Waals surface area contributed by atoms with E-state index in [0.29, 0.717) is 25.2 Å². The molecule has 0 spiro atoms. The van der Waals surface area contributed by atoms with Crippen LogP contribution in [0.25, 0.3) is 0 Å². The number of likely N-dealkylation sites (tertiary alicyclic amines) is 1. The quantitative estimate of drug-likeness (QED) is 0.769. The Morgan fingerprint density at radius 1 is 1.34 bits per heavy atom. The fraction of sp³-hybridized carbons (Fsp3) is 0.682. The van der Waals surface area contributed by atoms with Gasteiger partial charge in [0.15, 0.2) is 0 Å². The van der Waals surface area contributed by atoms with Crippen LogP contribution in [-0.4, -0.2) is 48.4 Å². The number of rotatable bonds is 6. The van der Waals surface area contributed by atoms with Crippen LogP contribution in [0.1, 0.15) is 58.3 Å². The number of piperidine rings is 1. The largest absolute Gasteiger partial charge is 0.336 e. The van der Waals surface area contributed by atoms with E-state index in [9.17, 15) is 14.9 Å². The maximum atomic E-state index is 13.5. The summed E-state index contributed by atoms with van der Waals surface area (Å²) >= 11 is 1.47. The van der Waals surface area contributed by atoms with Crippen LogP contribution in [0.2, 0.25) is 0 Å². The van der Waals surface area contributed by atoms with Gasteiger partial charge in [0.25, 0.3) is 0 Å². The highest BCUT2D eigenvalue weighted by atomic mass is 32.1. The molecule has 2 aliphatic rings. The van der Waals surface area contributed by atoms with E-state index in [1.807, 2.05) is 24.6 Å². The SMILES string of the molecule is CC(=O)N(c1cccs1)C(CC1CCCCC1)C(=O)NC1(C#N)CCN(C)CC1. The summed E-state index contributed by atoms with van der Waals surface area (Å²) in [5, 5.41) is 15.6. The van der Waals surface area contributed by atoms with Crippen molar-refractivity contribution in [2.24, 2.45) is 5.92 Å². The van der Waals surface area contributed by atoms with Crippen molar-refractivity contribution >= 4 is 28.2 Å². The van der Waals surface area contributed by atoms with E-state index in [1.54, 1.807) is 4.90 Å². The van der Waals surface area contributed by atoms with E-state index < -0.39 is 11.6 Å². The number of carbonyl (C=O) groups is 2. The summed E-state index contributed by atoms with van der Waals surface area (Å²) in [7, 11) is 2.03. The normalized spacial score (nSPS) is 21.1. The lowest BCUT2D eigenvalue weighted by Crippen LogP contribution is -2.59. The van der Waals surface area contributed by atoms with Gasteiger partial charge in [-0.3, -0.25) is 14.5 Å². The predicted molar refractivity (Wildman–Crippen MR) is 116 cm³/mol. The second-order valence-electron chi connectivity index (χ2n) is 8.58. The Kier molecular flexibility index (Phi) is 7.31. The average Bonchev–Trinajstić information content (AvgIpc) is 3.24.